The van der Waals surface area contributed by atoms with Crippen LogP contribution in [-0.2, 0) is 10.0 Å². The number of pyridine rings is 1. The molecule has 0 amide bonds. The first-order valence-corrected chi connectivity index (χ1v) is 10.4. The molecule has 0 spiro atoms. The van der Waals surface area contributed by atoms with Crippen molar-refractivity contribution in [2.45, 2.75) is 37.5 Å². The molecule has 7 nitrogen and oxygen atoms in total. The van der Waals surface area contributed by atoms with Crippen LogP contribution in [0.5, 0.6) is 0 Å². The molecule has 0 atom stereocenters. The minimum atomic E-state index is -3.85. The van der Waals surface area contributed by atoms with E-state index in [2.05, 4.69) is 9.71 Å². The summed E-state index contributed by atoms with van der Waals surface area (Å²) in [5, 5.41) is 9.27. The molecule has 2 heterocycles. The van der Waals surface area contributed by atoms with Crippen LogP contribution in [0.25, 0.3) is 0 Å². The van der Waals surface area contributed by atoms with Crippen LogP contribution in [-0.4, -0.2) is 37.6 Å². The summed E-state index contributed by atoms with van der Waals surface area (Å²) in [6, 6.07) is 7.82. The number of hydrogen-bond acceptors (Lipinski definition) is 5. The van der Waals surface area contributed by atoms with E-state index in [4.69, 9.17) is 0 Å². The quantitative estimate of drug-likeness (QED) is 0.814. The van der Waals surface area contributed by atoms with Crippen LogP contribution in [0, 0.1) is 6.92 Å². The zero-order valence-electron chi connectivity index (χ0n) is 15.2. The predicted molar refractivity (Wildman–Crippen MR) is 104 cm³/mol. The molecular formula is C19H23N3O4S. The number of benzene rings is 1. The molecule has 27 heavy (non-hydrogen) atoms. The molecule has 1 saturated heterocycles. The van der Waals surface area contributed by atoms with Gasteiger partial charge in [-0.15, -0.1) is 0 Å². The Morgan fingerprint density at radius 1 is 1.11 bits per heavy atom. The molecule has 0 radical (unpaired) electrons. The van der Waals surface area contributed by atoms with Gasteiger partial charge >= 0.3 is 5.97 Å². The van der Waals surface area contributed by atoms with Crippen LogP contribution in [0.4, 0.5) is 11.5 Å². The Morgan fingerprint density at radius 2 is 1.74 bits per heavy atom. The highest BCUT2D eigenvalue weighted by Gasteiger charge is 2.22. The Labute approximate surface area is 159 Å². The molecule has 0 aliphatic carbocycles. The maximum Gasteiger partial charge on any atom is 0.337 e. The fraction of sp³-hybridized carbons (Fsp3) is 0.368. The second-order valence-electron chi connectivity index (χ2n) is 6.72. The molecule has 144 valence electrons. The number of nitrogens with zero attached hydrogens (tertiary/aromatic N) is 2. The highest BCUT2D eigenvalue weighted by atomic mass is 32.2. The first-order chi connectivity index (χ1) is 12.9. The highest BCUT2D eigenvalue weighted by molar-refractivity contribution is 7.92. The fourth-order valence-electron chi connectivity index (χ4n) is 3.11. The normalized spacial score (nSPS) is 15.2. The highest BCUT2D eigenvalue weighted by Crippen LogP contribution is 2.29. The van der Waals surface area contributed by atoms with Gasteiger partial charge in [-0.2, -0.15) is 0 Å². The Kier molecular flexibility index (Phi) is 5.65. The topological polar surface area (TPSA) is 99.6 Å². The van der Waals surface area contributed by atoms with Crippen molar-refractivity contribution in [2.75, 3.05) is 22.7 Å². The minimum Gasteiger partial charge on any atom is -0.478 e. The lowest BCUT2D eigenvalue weighted by Gasteiger charge is -2.24. The van der Waals surface area contributed by atoms with Gasteiger partial charge in [0.05, 0.1) is 16.1 Å². The summed E-state index contributed by atoms with van der Waals surface area (Å²) in [6.45, 7) is 3.40. The van der Waals surface area contributed by atoms with Gasteiger partial charge in [-0.3, -0.25) is 4.72 Å². The molecular weight excluding hydrogens is 366 g/mol. The standard InChI is InChI=1S/C19H23N3O4S/c1-14-6-8-16(9-7-14)27(25,26)21-17-12-15(19(23)24)13-20-18(17)22-10-4-2-3-5-11-22/h6-9,12-13,21H,2-5,10-11H2,1H3,(H,23,24). The van der Waals surface area contributed by atoms with Gasteiger partial charge in [0, 0.05) is 19.3 Å². The number of rotatable bonds is 5. The fourth-order valence-corrected chi connectivity index (χ4v) is 4.16. The number of carbonyl (C=O) groups is 1. The van der Waals surface area contributed by atoms with E-state index in [1.165, 1.54) is 24.4 Å². The Morgan fingerprint density at radius 3 is 2.33 bits per heavy atom. The zero-order valence-corrected chi connectivity index (χ0v) is 16.0. The van der Waals surface area contributed by atoms with Crippen molar-refractivity contribution in [3.8, 4) is 0 Å². The molecule has 1 aliphatic heterocycles. The Balaban J connectivity index is 1.99. The van der Waals surface area contributed by atoms with Crippen molar-refractivity contribution in [1.29, 1.82) is 0 Å². The number of sulfonamides is 1. The lowest BCUT2D eigenvalue weighted by molar-refractivity contribution is 0.0696. The predicted octanol–water partition coefficient (Wildman–Crippen LogP) is 3.27. The van der Waals surface area contributed by atoms with Gasteiger partial charge in [0.25, 0.3) is 10.0 Å². The van der Waals surface area contributed by atoms with Crippen LogP contribution in [0.2, 0.25) is 0 Å². The minimum absolute atomic E-state index is 0.0600. The van der Waals surface area contributed by atoms with Crippen molar-refractivity contribution in [3.63, 3.8) is 0 Å². The summed E-state index contributed by atoms with van der Waals surface area (Å²) in [5.41, 5.74) is 1.08. The van der Waals surface area contributed by atoms with Crippen molar-refractivity contribution in [1.82, 2.24) is 4.98 Å². The van der Waals surface area contributed by atoms with Crippen molar-refractivity contribution < 1.29 is 18.3 Å². The largest absolute Gasteiger partial charge is 0.478 e. The third-order valence-electron chi connectivity index (χ3n) is 4.59. The molecule has 1 fully saturated rings. The Bertz CT molecular complexity index is 918. The summed E-state index contributed by atoms with van der Waals surface area (Å²) in [7, 11) is -3.85. The number of aryl methyl sites for hydroxylation is 1. The van der Waals surface area contributed by atoms with Crippen LogP contribution >= 0.6 is 0 Å². The summed E-state index contributed by atoms with van der Waals surface area (Å²) in [6.07, 6.45) is 5.49. The summed E-state index contributed by atoms with van der Waals surface area (Å²) >= 11 is 0. The van der Waals surface area contributed by atoms with E-state index >= 15 is 0 Å². The van der Waals surface area contributed by atoms with Crippen LogP contribution in [0.1, 0.15) is 41.6 Å². The number of hydrogen-bond donors (Lipinski definition) is 2. The number of carboxylic acids is 1. The first-order valence-electron chi connectivity index (χ1n) is 8.94. The van der Waals surface area contributed by atoms with E-state index in [0.29, 0.717) is 5.82 Å². The average Bonchev–Trinajstić information content (AvgIpc) is 2.91. The zero-order chi connectivity index (χ0) is 19.4. The monoisotopic (exact) mass is 389 g/mol. The second kappa shape index (κ2) is 7.96. The SMILES string of the molecule is Cc1ccc(S(=O)(=O)Nc2cc(C(=O)O)cnc2N2CCCCCC2)cc1. The van der Waals surface area contributed by atoms with Crippen molar-refractivity contribution in [3.05, 3.63) is 47.7 Å². The Hall–Kier alpha value is -2.61. The van der Waals surface area contributed by atoms with E-state index in [9.17, 15) is 18.3 Å². The van der Waals surface area contributed by atoms with Gasteiger partial charge < -0.3 is 10.0 Å². The first kappa shape index (κ1) is 19.2. The second-order valence-corrected chi connectivity index (χ2v) is 8.40. The molecule has 0 unspecified atom stereocenters. The van der Waals surface area contributed by atoms with Gasteiger partial charge in [0.1, 0.15) is 0 Å². The lowest BCUT2D eigenvalue weighted by Crippen LogP contribution is -2.27. The molecule has 1 aromatic heterocycles. The molecule has 1 aromatic carbocycles. The molecule has 0 saturated carbocycles. The summed E-state index contributed by atoms with van der Waals surface area (Å²) in [4.78, 5) is 17.8. The number of anilines is 2. The third-order valence-corrected chi connectivity index (χ3v) is 5.98. The smallest absolute Gasteiger partial charge is 0.337 e. The molecule has 8 heteroatoms. The van der Waals surface area contributed by atoms with Gasteiger partial charge in [0.2, 0.25) is 0 Å². The number of aromatic carboxylic acids is 1. The summed E-state index contributed by atoms with van der Waals surface area (Å²) < 4.78 is 28.1. The van der Waals surface area contributed by atoms with E-state index in [1.807, 2.05) is 11.8 Å². The van der Waals surface area contributed by atoms with E-state index in [1.54, 1.807) is 12.1 Å². The van der Waals surface area contributed by atoms with Crippen molar-refractivity contribution >= 4 is 27.5 Å². The molecule has 2 aromatic rings. The van der Waals surface area contributed by atoms with Gasteiger partial charge in [-0.1, -0.05) is 30.5 Å². The van der Waals surface area contributed by atoms with Crippen LogP contribution < -0.4 is 9.62 Å². The van der Waals surface area contributed by atoms with Gasteiger partial charge in [-0.05, 0) is 38.0 Å². The third kappa shape index (κ3) is 4.57. The van der Waals surface area contributed by atoms with Gasteiger partial charge in [-0.25, -0.2) is 18.2 Å². The van der Waals surface area contributed by atoms with E-state index in [-0.39, 0.29) is 16.1 Å². The van der Waals surface area contributed by atoms with E-state index in [0.717, 1.165) is 44.3 Å². The van der Waals surface area contributed by atoms with E-state index < -0.39 is 16.0 Å². The van der Waals surface area contributed by atoms with Crippen LogP contribution in [0.15, 0.2) is 41.4 Å². The molecule has 3 rings (SSSR count). The van der Waals surface area contributed by atoms with Gasteiger partial charge in [0.15, 0.2) is 5.82 Å². The number of aromatic nitrogens is 1. The van der Waals surface area contributed by atoms with Crippen LogP contribution in [0.3, 0.4) is 0 Å². The molecule has 2 N–H and O–H groups in total. The number of nitrogens with one attached hydrogen (secondary N) is 1. The maximum absolute atomic E-state index is 12.8. The average molecular weight is 389 g/mol. The number of carboxylic acid groups (broad SMARTS) is 1. The van der Waals surface area contributed by atoms with Crippen molar-refractivity contribution in [2.24, 2.45) is 0 Å². The molecule has 0 bridgehead atoms. The lowest BCUT2D eigenvalue weighted by atomic mass is 10.2. The summed E-state index contributed by atoms with van der Waals surface area (Å²) in [5.74, 6) is -0.682. The molecule has 1 aliphatic rings. The maximum atomic E-state index is 12.8.